The highest BCUT2D eigenvalue weighted by Gasteiger charge is 2.13. The number of hydrogen-bond acceptors (Lipinski definition) is 7. The van der Waals surface area contributed by atoms with Crippen LogP contribution in [-0.2, 0) is 28.8 Å². The number of hydrogen-bond donors (Lipinski definition) is 0. The molecule has 1 fully saturated rings. The van der Waals surface area contributed by atoms with E-state index in [9.17, 15) is 0 Å². The van der Waals surface area contributed by atoms with Crippen molar-refractivity contribution in [3.8, 4) is 0 Å². The van der Waals surface area contributed by atoms with Crippen molar-refractivity contribution in [1.82, 2.24) is 0 Å². The maximum absolute atomic E-state index is 5.99. The molecule has 28 heavy (non-hydrogen) atoms. The monoisotopic (exact) mass is 518 g/mol. The Balaban J connectivity index is 1.96. The summed E-state index contributed by atoms with van der Waals surface area (Å²) in [4.78, 5) is 0. The molecule has 1 saturated heterocycles. The summed E-state index contributed by atoms with van der Waals surface area (Å²) in [5.74, 6) is 0. The minimum Gasteiger partial charge on any atom is -0.425 e. The van der Waals surface area contributed by atoms with Gasteiger partial charge in [-0.25, -0.2) is 0 Å². The third-order valence-electron chi connectivity index (χ3n) is 4.63. The molecule has 0 N–H and O–H groups in total. The van der Waals surface area contributed by atoms with Gasteiger partial charge in [-0.05, 0) is 6.04 Å². The quantitative estimate of drug-likeness (QED) is 0.230. The van der Waals surface area contributed by atoms with Crippen molar-refractivity contribution >= 4 is 69.3 Å². The van der Waals surface area contributed by atoms with Crippen LogP contribution in [0.1, 0.15) is 84.0 Å². The fraction of sp³-hybridized carbons (Fsp3) is 1.00. The molecule has 7 nitrogen and oxygen atoms in total. The molecule has 0 aliphatic carbocycles. The topological polar surface area (TPSA) is 64.6 Å². The first-order valence-corrected chi connectivity index (χ1v) is 19.7. The van der Waals surface area contributed by atoms with Gasteiger partial charge in [0.05, 0.1) is 0 Å². The molecule has 0 aromatic carbocycles. The molecule has 0 amide bonds. The molecule has 14 heteroatoms. The lowest BCUT2D eigenvalue weighted by Gasteiger charge is -2.18. The summed E-state index contributed by atoms with van der Waals surface area (Å²) < 4.78 is 39.6. The predicted molar refractivity (Wildman–Crippen MR) is 132 cm³/mol. The van der Waals surface area contributed by atoms with Crippen molar-refractivity contribution in [2.45, 2.75) is 90.0 Å². The molecule has 1 heterocycles. The summed E-state index contributed by atoms with van der Waals surface area (Å²) in [6.45, 7) is 2.28. The predicted octanol–water partition coefficient (Wildman–Crippen LogP) is -0.969. The van der Waals surface area contributed by atoms with Gasteiger partial charge >= 0.3 is 9.28 Å². The van der Waals surface area contributed by atoms with Crippen LogP contribution in [-0.4, -0.2) is 69.3 Å². The third-order valence-corrected chi connectivity index (χ3v) is 16.2. The van der Waals surface area contributed by atoms with E-state index in [0.29, 0.717) is 0 Å². The Hall–Kier alpha value is 1.24. The molecule has 0 spiro atoms. The lowest BCUT2D eigenvalue weighted by Crippen LogP contribution is -2.31. The Bertz CT molecular complexity index is 310. The van der Waals surface area contributed by atoms with Gasteiger partial charge in [-0.2, -0.15) is 0 Å². The SMILES string of the molecule is CCCCCCCCCCCCCC[SiH]1O[SiH2]O[SiH2]O[SiH2]O[SiH2]O[SiH2]O[SiH2]O1. The summed E-state index contributed by atoms with van der Waals surface area (Å²) in [6.07, 6.45) is 16.5. The van der Waals surface area contributed by atoms with Crippen LogP contribution in [0.25, 0.3) is 0 Å². The van der Waals surface area contributed by atoms with Gasteiger partial charge in [0.2, 0.25) is 0 Å². The van der Waals surface area contributed by atoms with E-state index in [0.717, 1.165) is 6.04 Å². The first-order chi connectivity index (χ1) is 13.9. The van der Waals surface area contributed by atoms with E-state index < -0.39 is 69.3 Å². The zero-order valence-electron chi connectivity index (χ0n) is 17.9. The first kappa shape index (κ1) is 27.3. The maximum atomic E-state index is 5.99. The summed E-state index contributed by atoms with van der Waals surface area (Å²) in [7, 11) is -7.05. The molecular formula is C14H42O7Si7. The summed E-state index contributed by atoms with van der Waals surface area (Å²) in [5, 5.41) is 0. The van der Waals surface area contributed by atoms with E-state index in [1.165, 1.54) is 77.0 Å². The minimum atomic E-state index is -1.60. The van der Waals surface area contributed by atoms with Gasteiger partial charge < -0.3 is 28.8 Å². The van der Waals surface area contributed by atoms with Crippen LogP contribution in [0.5, 0.6) is 0 Å². The molecular weight excluding hydrogens is 477 g/mol. The average Bonchev–Trinajstić information content (AvgIpc) is 2.71. The lowest BCUT2D eigenvalue weighted by atomic mass is 10.1. The molecule has 1 aliphatic heterocycles. The molecule has 1 rings (SSSR count). The average molecular weight is 519 g/mol. The summed E-state index contributed by atoms with van der Waals surface area (Å²) >= 11 is 0. The molecule has 0 atom stereocenters. The van der Waals surface area contributed by atoms with Crippen LogP contribution in [0.3, 0.4) is 0 Å². The van der Waals surface area contributed by atoms with Crippen molar-refractivity contribution in [1.29, 1.82) is 0 Å². The minimum absolute atomic E-state index is 0.881. The lowest BCUT2D eigenvalue weighted by molar-refractivity contribution is 0.335. The van der Waals surface area contributed by atoms with E-state index in [4.69, 9.17) is 28.8 Å². The molecule has 0 aromatic rings. The highest BCUT2D eigenvalue weighted by atomic mass is 28.4. The standard InChI is InChI=1S/C14H42O7Si7/c1-2-3-4-5-6-7-8-9-10-11-12-13-14-28-20-26-18-24-16-22-15-23-17-25-19-27-21-28/h28H,2-14,22-27H2,1H3. The largest absolute Gasteiger partial charge is 0.425 e. The highest BCUT2D eigenvalue weighted by molar-refractivity contribution is 6.58. The van der Waals surface area contributed by atoms with Crippen molar-refractivity contribution in [3.63, 3.8) is 0 Å². The Morgan fingerprint density at radius 3 is 1.25 bits per heavy atom. The van der Waals surface area contributed by atoms with Gasteiger partial charge in [-0.15, -0.1) is 0 Å². The smallest absolute Gasteiger partial charge is 0.303 e. The number of unbranched alkanes of at least 4 members (excludes halogenated alkanes) is 11. The van der Waals surface area contributed by atoms with Crippen LogP contribution in [0.2, 0.25) is 6.04 Å². The van der Waals surface area contributed by atoms with Gasteiger partial charge in [0.25, 0.3) is 60.0 Å². The summed E-state index contributed by atoms with van der Waals surface area (Å²) in [5.41, 5.74) is 0. The molecule has 168 valence electrons. The first-order valence-electron chi connectivity index (χ1n) is 11.1. The van der Waals surface area contributed by atoms with Crippen LogP contribution in [0.15, 0.2) is 0 Å². The van der Waals surface area contributed by atoms with E-state index >= 15 is 0 Å². The maximum Gasteiger partial charge on any atom is 0.303 e. The second kappa shape index (κ2) is 22.9. The molecule has 0 bridgehead atoms. The highest BCUT2D eigenvalue weighted by Crippen LogP contribution is 2.13. The Kier molecular flexibility index (Phi) is 22.3. The van der Waals surface area contributed by atoms with Crippen molar-refractivity contribution in [3.05, 3.63) is 0 Å². The van der Waals surface area contributed by atoms with Crippen molar-refractivity contribution in [2.75, 3.05) is 0 Å². The van der Waals surface area contributed by atoms with E-state index in [-0.39, 0.29) is 0 Å². The van der Waals surface area contributed by atoms with E-state index in [1.54, 1.807) is 0 Å². The summed E-state index contributed by atoms with van der Waals surface area (Å²) in [6, 6.07) is 1.08. The molecule has 0 saturated carbocycles. The Morgan fingerprint density at radius 1 is 0.464 bits per heavy atom. The Morgan fingerprint density at radius 2 is 0.821 bits per heavy atom. The van der Waals surface area contributed by atoms with Gasteiger partial charge in [0.1, 0.15) is 0 Å². The second-order valence-corrected chi connectivity index (χ2v) is 20.9. The fourth-order valence-electron chi connectivity index (χ4n) is 3.02. The van der Waals surface area contributed by atoms with Gasteiger partial charge in [-0.3, -0.25) is 0 Å². The van der Waals surface area contributed by atoms with Crippen LogP contribution >= 0.6 is 0 Å². The molecule has 0 radical (unpaired) electrons. The number of rotatable bonds is 13. The molecule has 1 aliphatic rings. The zero-order chi connectivity index (χ0) is 20.0. The van der Waals surface area contributed by atoms with Crippen LogP contribution < -0.4 is 0 Å². The van der Waals surface area contributed by atoms with Gasteiger partial charge in [0, 0.05) is 0 Å². The van der Waals surface area contributed by atoms with Gasteiger partial charge in [0.15, 0.2) is 0 Å². The third kappa shape index (κ3) is 19.2. The van der Waals surface area contributed by atoms with Crippen LogP contribution in [0.4, 0.5) is 0 Å². The normalized spacial score (nSPS) is 25.8. The van der Waals surface area contributed by atoms with Crippen LogP contribution in [0, 0.1) is 0 Å². The van der Waals surface area contributed by atoms with E-state index in [1.807, 2.05) is 0 Å². The van der Waals surface area contributed by atoms with Crippen molar-refractivity contribution in [2.24, 2.45) is 0 Å². The zero-order valence-corrected chi connectivity index (χ0v) is 27.5. The van der Waals surface area contributed by atoms with E-state index in [2.05, 4.69) is 6.92 Å². The fourth-order valence-corrected chi connectivity index (χ4v) is 17.4. The molecule has 0 aromatic heterocycles. The second-order valence-electron chi connectivity index (χ2n) is 7.17. The Labute approximate surface area is 187 Å². The van der Waals surface area contributed by atoms with Crippen molar-refractivity contribution < 1.29 is 28.8 Å². The van der Waals surface area contributed by atoms with Gasteiger partial charge in [-0.1, -0.05) is 84.0 Å². The molecule has 0 unspecified atom stereocenters.